The summed E-state index contributed by atoms with van der Waals surface area (Å²) in [6, 6.07) is 2.00. The molecular weight excluding hydrogens is 224 g/mol. The second-order valence-electron chi connectivity index (χ2n) is 4.14. The molecule has 0 spiro atoms. The summed E-state index contributed by atoms with van der Waals surface area (Å²) < 4.78 is 0. The molecule has 0 unspecified atom stereocenters. The van der Waals surface area contributed by atoms with Crippen LogP contribution >= 0.6 is 0 Å². The molecule has 1 N–H and O–H groups in total. The van der Waals surface area contributed by atoms with Gasteiger partial charge in [-0.25, -0.2) is 4.99 Å². The summed E-state index contributed by atoms with van der Waals surface area (Å²) in [7, 11) is 2.14. The second kappa shape index (κ2) is 7.01. The van der Waals surface area contributed by atoms with Crippen LogP contribution in [0.2, 0.25) is 0 Å². The van der Waals surface area contributed by atoms with Crippen LogP contribution < -0.4 is 10.6 Å². The predicted octanol–water partition coefficient (Wildman–Crippen LogP) is 0.465. The first-order chi connectivity index (χ1) is 8.72. The molecule has 0 atom stereocenters. The van der Waals surface area contributed by atoms with Gasteiger partial charge in [-0.05, 0) is 19.8 Å². The summed E-state index contributed by atoms with van der Waals surface area (Å²) in [4.78, 5) is 11.8. The second-order valence-corrected chi connectivity index (χ2v) is 4.14. The van der Waals surface area contributed by atoms with Crippen molar-refractivity contribution in [3.63, 3.8) is 0 Å². The molecular formula is C14H24N4. The first kappa shape index (κ1) is 14.5. The minimum atomic E-state index is 0.904. The Labute approximate surface area is 109 Å². The van der Waals surface area contributed by atoms with Gasteiger partial charge in [0.1, 0.15) is 5.82 Å². The quantitative estimate of drug-likeness (QED) is 0.772. The van der Waals surface area contributed by atoms with Gasteiger partial charge in [0.2, 0.25) is 0 Å². The van der Waals surface area contributed by atoms with Crippen molar-refractivity contribution < 1.29 is 0 Å². The lowest BCUT2D eigenvalue weighted by atomic mass is 10.3. The lowest BCUT2D eigenvalue weighted by Gasteiger charge is -2.33. The maximum atomic E-state index is 4.15. The maximum Gasteiger partial charge on any atom is 0.137 e. The third-order valence-corrected chi connectivity index (χ3v) is 3.03. The molecule has 0 radical (unpaired) electrons. The van der Waals surface area contributed by atoms with Crippen LogP contribution in [0.5, 0.6) is 0 Å². The Morgan fingerprint density at radius 2 is 1.89 bits per heavy atom. The Balaban J connectivity index is 0.000000771. The van der Waals surface area contributed by atoms with Crippen LogP contribution in [0.4, 0.5) is 0 Å². The van der Waals surface area contributed by atoms with Gasteiger partial charge in [-0.1, -0.05) is 20.4 Å². The van der Waals surface area contributed by atoms with E-state index in [9.17, 15) is 0 Å². The van der Waals surface area contributed by atoms with Gasteiger partial charge in [-0.3, -0.25) is 0 Å². The average Bonchev–Trinajstić information content (AvgIpc) is 2.82. The van der Waals surface area contributed by atoms with Gasteiger partial charge >= 0.3 is 0 Å². The number of aromatic amines is 1. The zero-order valence-corrected chi connectivity index (χ0v) is 11.7. The Morgan fingerprint density at radius 1 is 1.28 bits per heavy atom. The van der Waals surface area contributed by atoms with Crippen LogP contribution in [0.15, 0.2) is 17.3 Å². The number of H-pyrrole nitrogens is 1. The van der Waals surface area contributed by atoms with Crippen LogP contribution in [0.25, 0.3) is 12.4 Å². The van der Waals surface area contributed by atoms with Crippen LogP contribution in [-0.2, 0) is 0 Å². The molecule has 2 rings (SSSR count). The molecule has 2 heterocycles. The summed E-state index contributed by atoms with van der Waals surface area (Å²) in [6.07, 6.45) is 1.89. The van der Waals surface area contributed by atoms with Crippen molar-refractivity contribution in [2.45, 2.75) is 13.8 Å². The van der Waals surface area contributed by atoms with E-state index in [1.807, 2.05) is 26.1 Å². The summed E-state index contributed by atoms with van der Waals surface area (Å²) in [5.41, 5.74) is 0. The van der Waals surface area contributed by atoms with E-state index in [0.717, 1.165) is 42.6 Å². The van der Waals surface area contributed by atoms with E-state index in [-0.39, 0.29) is 0 Å². The minimum Gasteiger partial charge on any atom is -0.362 e. The molecule has 1 fully saturated rings. The Kier molecular flexibility index (Phi) is 5.65. The summed E-state index contributed by atoms with van der Waals surface area (Å²) in [5.74, 6) is 0.944. The summed E-state index contributed by atoms with van der Waals surface area (Å²) in [5, 5.41) is 1.96. The van der Waals surface area contributed by atoms with Crippen molar-refractivity contribution >= 4 is 19.1 Å². The highest BCUT2D eigenvalue weighted by molar-refractivity contribution is 5.49. The van der Waals surface area contributed by atoms with E-state index < -0.39 is 0 Å². The minimum absolute atomic E-state index is 0.904. The van der Waals surface area contributed by atoms with Crippen LogP contribution in [-0.4, -0.2) is 54.7 Å². The molecule has 1 aromatic heterocycles. The van der Waals surface area contributed by atoms with E-state index in [0.29, 0.717) is 0 Å². The molecule has 100 valence electrons. The number of nitrogens with one attached hydrogen (secondary N) is 1. The van der Waals surface area contributed by atoms with Crippen molar-refractivity contribution in [2.75, 3.05) is 33.2 Å². The standard InChI is InChI=1S/C12H18N4.C2H6/c1-10-11(4-5-14-10)12(13-2)16-8-6-15(3)7-9-16;1-2/h4-5,14H,1-2,6-9H2,3H3;1-2H3/b12-11+;. The maximum absolute atomic E-state index is 4.15. The molecule has 1 aromatic rings. The smallest absolute Gasteiger partial charge is 0.137 e. The number of hydrogen-bond donors (Lipinski definition) is 1. The molecule has 0 amide bonds. The molecule has 4 heteroatoms. The van der Waals surface area contributed by atoms with Crippen LogP contribution in [0.1, 0.15) is 13.8 Å². The number of rotatable bonds is 2. The highest BCUT2D eigenvalue weighted by atomic mass is 15.3. The lowest BCUT2D eigenvalue weighted by Crippen LogP contribution is -2.45. The molecule has 0 aliphatic carbocycles. The molecule has 1 aliphatic heterocycles. The van der Waals surface area contributed by atoms with Gasteiger partial charge in [0.05, 0.1) is 0 Å². The fourth-order valence-electron chi connectivity index (χ4n) is 1.99. The number of hydrogen-bond acceptors (Lipinski definition) is 3. The topological polar surface area (TPSA) is 34.6 Å². The molecule has 18 heavy (non-hydrogen) atoms. The SMILES string of the molecule is C=N/C(=c1/cc[nH]c1=C)N1CCN(C)CC1.CC. The monoisotopic (exact) mass is 248 g/mol. The predicted molar refractivity (Wildman–Crippen MR) is 78.9 cm³/mol. The third-order valence-electron chi connectivity index (χ3n) is 3.03. The summed E-state index contributed by atoms with van der Waals surface area (Å²) in [6.45, 7) is 15.7. The first-order valence-corrected chi connectivity index (χ1v) is 6.49. The van der Waals surface area contributed by atoms with Crippen molar-refractivity contribution in [2.24, 2.45) is 4.99 Å². The van der Waals surface area contributed by atoms with Gasteiger partial charge in [0.25, 0.3) is 0 Å². The van der Waals surface area contributed by atoms with Gasteiger partial charge in [-0.2, -0.15) is 0 Å². The number of nitrogens with zero attached hydrogens (tertiary/aromatic N) is 3. The summed E-state index contributed by atoms with van der Waals surface area (Å²) >= 11 is 0. The van der Waals surface area contributed by atoms with Gasteiger partial charge in [0, 0.05) is 42.9 Å². The lowest BCUT2D eigenvalue weighted by molar-refractivity contribution is 0.204. The molecule has 0 saturated carbocycles. The molecule has 0 bridgehead atoms. The first-order valence-electron chi connectivity index (χ1n) is 6.49. The van der Waals surface area contributed by atoms with E-state index in [2.05, 4.69) is 40.1 Å². The average molecular weight is 248 g/mol. The van der Waals surface area contributed by atoms with Gasteiger partial charge in [-0.15, -0.1) is 0 Å². The Bertz CT molecular complexity index is 466. The molecule has 1 aliphatic rings. The molecule has 0 aromatic carbocycles. The van der Waals surface area contributed by atoms with Crippen LogP contribution in [0.3, 0.4) is 0 Å². The normalized spacial score (nSPS) is 17.8. The van der Waals surface area contributed by atoms with Crippen molar-refractivity contribution in [3.8, 4) is 0 Å². The van der Waals surface area contributed by atoms with E-state index in [1.165, 1.54) is 0 Å². The van der Waals surface area contributed by atoms with E-state index in [4.69, 9.17) is 0 Å². The number of piperazine rings is 1. The number of aliphatic imine (C=N–C) groups is 1. The highest BCUT2D eigenvalue weighted by Gasteiger charge is 2.16. The zero-order chi connectivity index (χ0) is 13.5. The van der Waals surface area contributed by atoms with Crippen molar-refractivity contribution in [1.29, 1.82) is 0 Å². The Morgan fingerprint density at radius 3 is 2.33 bits per heavy atom. The fourth-order valence-corrected chi connectivity index (χ4v) is 1.99. The van der Waals surface area contributed by atoms with Crippen molar-refractivity contribution in [3.05, 3.63) is 22.8 Å². The number of likely N-dealkylation sites (N-methyl/N-ethyl adjacent to an activating group) is 1. The third kappa shape index (κ3) is 3.23. The van der Waals surface area contributed by atoms with Gasteiger partial charge < -0.3 is 14.8 Å². The van der Waals surface area contributed by atoms with Crippen LogP contribution in [0, 0.1) is 0 Å². The molecule has 4 nitrogen and oxygen atoms in total. The van der Waals surface area contributed by atoms with Crippen molar-refractivity contribution in [1.82, 2.24) is 14.8 Å². The molecule has 1 saturated heterocycles. The Hall–Kier alpha value is -1.55. The van der Waals surface area contributed by atoms with E-state index in [1.54, 1.807) is 0 Å². The van der Waals surface area contributed by atoms with E-state index >= 15 is 0 Å². The highest BCUT2D eigenvalue weighted by Crippen LogP contribution is 2.08. The van der Waals surface area contributed by atoms with Gasteiger partial charge in [0.15, 0.2) is 0 Å². The largest absolute Gasteiger partial charge is 0.362 e. The number of aromatic nitrogens is 1. The fraction of sp³-hybridized carbons (Fsp3) is 0.500. The zero-order valence-electron chi connectivity index (χ0n) is 11.7.